The number of fused-ring (bicyclic) bond motifs is 1. The highest BCUT2D eigenvalue weighted by atomic mass is 19.1. The normalized spacial score (nSPS) is 24.6. The number of hydrogen-bond donors (Lipinski definition) is 1. The van der Waals surface area contributed by atoms with Gasteiger partial charge in [0.2, 0.25) is 5.89 Å². The number of oxazole rings is 1. The van der Waals surface area contributed by atoms with Gasteiger partial charge in [0, 0.05) is 12.1 Å². The Hall–Kier alpha value is -1.46. The van der Waals surface area contributed by atoms with Crippen molar-refractivity contribution in [1.82, 2.24) is 10.3 Å². The van der Waals surface area contributed by atoms with E-state index in [0.717, 1.165) is 0 Å². The number of nitrogens with zero attached hydrogens (tertiary/aromatic N) is 1. The molecule has 0 radical (unpaired) electrons. The Morgan fingerprint density at radius 1 is 1.41 bits per heavy atom. The van der Waals surface area contributed by atoms with E-state index in [2.05, 4.69) is 10.3 Å². The molecule has 1 fully saturated rings. The van der Waals surface area contributed by atoms with E-state index in [1.165, 1.54) is 12.1 Å². The molecular formula is C12H13FN2O2. The van der Waals surface area contributed by atoms with Crippen LogP contribution in [0.4, 0.5) is 4.39 Å². The van der Waals surface area contributed by atoms with Crippen molar-refractivity contribution in [3.05, 3.63) is 29.9 Å². The first-order valence-electron chi connectivity index (χ1n) is 5.59. The monoisotopic (exact) mass is 236 g/mol. The quantitative estimate of drug-likeness (QED) is 0.861. The molecule has 90 valence electrons. The summed E-state index contributed by atoms with van der Waals surface area (Å²) in [5, 5.41) is 3.17. The Morgan fingerprint density at radius 2 is 2.29 bits per heavy atom. The van der Waals surface area contributed by atoms with Gasteiger partial charge in [-0.2, -0.15) is 0 Å². The lowest BCUT2D eigenvalue weighted by molar-refractivity contribution is 0.186. The van der Waals surface area contributed by atoms with E-state index in [4.69, 9.17) is 9.15 Å². The summed E-state index contributed by atoms with van der Waals surface area (Å²) in [6, 6.07) is 4.56. The molecule has 3 rings (SSSR count). The zero-order chi connectivity index (χ0) is 11.8. The highest BCUT2D eigenvalue weighted by Crippen LogP contribution is 2.28. The van der Waals surface area contributed by atoms with Crippen LogP contribution in [0.15, 0.2) is 22.6 Å². The number of aromatic nitrogens is 1. The molecule has 2 atom stereocenters. The van der Waals surface area contributed by atoms with Crippen LogP contribution in [0.1, 0.15) is 11.8 Å². The van der Waals surface area contributed by atoms with Crippen molar-refractivity contribution in [1.29, 1.82) is 0 Å². The highest BCUT2D eigenvalue weighted by molar-refractivity contribution is 5.72. The summed E-state index contributed by atoms with van der Waals surface area (Å²) in [6.07, 6.45) is 0. The molecule has 1 aromatic carbocycles. The van der Waals surface area contributed by atoms with Crippen molar-refractivity contribution in [2.75, 3.05) is 20.3 Å². The molecule has 2 heterocycles. The minimum atomic E-state index is -0.301. The van der Waals surface area contributed by atoms with Gasteiger partial charge in [-0.25, -0.2) is 9.37 Å². The molecule has 17 heavy (non-hydrogen) atoms. The first kappa shape index (κ1) is 10.7. The van der Waals surface area contributed by atoms with E-state index >= 15 is 0 Å². The van der Waals surface area contributed by atoms with E-state index in [1.807, 2.05) is 7.05 Å². The molecule has 0 saturated carbocycles. The number of rotatable bonds is 2. The lowest BCUT2D eigenvalue weighted by Gasteiger charge is -2.12. The molecule has 0 amide bonds. The van der Waals surface area contributed by atoms with Crippen molar-refractivity contribution in [3.63, 3.8) is 0 Å². The van der Waals surface area contributed by atoms with Crippen LogP contribution in [-0.4, -0.2) is 31.3 Å². The van der Waals surface area contributed by atoms with Crippen LogP contribution in [0, 0.1) is 5.82 Å². The predicted molar refractivity (Wildman–Crippen MR) is 60.4 cm³/mol. The van der Waals surface area contributed by atoms with Gasteiger partial charge in [-0.05, 0) is 19.2 Å². The minimum absolute atomic E-state index is 0.0930. The van der Waals surface area contributed by atoms with Crippen molar-refractivity contribution in [2.24, 2.45) is 0 Å². The third kappa shape index (κ3) is 1.81. The minimum Gasteiger partial charge on any atom is -0.440 e. The summed E-state index contributed by atoms with van der Waals surface area (Å²) >= 11 is 0. The van der Waals surface area contributed by atoms with Crippen LogP contribution in [0.3, 0.4) is 0 Å². The molecule has 1 aromatic heterocycles. The molecule has 1 aliphatic rings. The molecule has 1 aliphatic heterocycles. The molecule has 0 bridgehead atoms. The van der Waals surface area contributed by atoms with E-state index in [-0.39, 0.29) is 17.8 Å². The molecule has 2 aromatic rings. The summed E-state index contributed by atoms with van der Waals surface area (Å²) in [4.78, 5) is 4.33. The van der Waals surface area contributed by atoms with Gasteiger partial charge in [0.15, 0.2) is 5.58 Å². The Bertz CT molecular complexity index is 540. The van der Waals surface area contributed by atoms with Crippen molar-refractivity contribution in [3.8, 4) is 0 Å². The number of halogens is 1. The standard InChI is InChI=1S/C12H13FN2O2/c1-14-10-6-16-5-8(10)12-15-9-4-7(13)2-3-11(9)17-12/h2-4,8,10,14H,5-6H2,1H3. The fraction of sp³-hybridized carbons (Fsp3) is 0.417. The maximum absolute atomic E-state index is 13.0. The molecule has 0 spiro atoms. The van der Waals surface area contributed by atoms with Gasteiger partial charge in [-0.3, -0.25) is 0 Å². The van der Waals surface area contributed by atoms with Gasteiger partial charge in [0.1, 0.15) is 11.3 Å². The van der Waals surface area contributed by atoms with E-state index in [1.54, 1.807) is 6.07 Å². The van der Waals surface area contributed by atoms with Crippen molar-refractivity contribution >= 4 is 11.1 Å². The van der Waals surface area contributed by atoms with Gasteiger partial charge >= 0.3 is 0 Å². The lowest BCUT2D eigenvalue weighted by Crippen LogP contribution is -2.31. The summed E-state index contributed by atoms with van der Waals surface area (Å²) in [5.74, 6) is 0.406. The number of benzene rings is 1. The van der Waals surface area contributed by atoms with Gasteiger partial charge in [-0.1, -0.05) is 0 Å². The zero-order valence-corrected chi connectivity index (χ0v) is 9.44. The molecule has 5 heteroatoms. The Morgan fingerprint density at radius 3 is 3.12 bits per heavy atom. The van der Waals surface area contributed by atoms with Crippen LogP contribution in [0.5, 0.6) is 0 Å². The van der Waals surface area contributed by atoms with Crippen LogP contribution in [0.25, 0.3) is 11.1 Å². The first-order chi connectivity index (χ1) is 8.28. The summed E-state index contributed by atoms with van der Waals surface area (Å²) in [5.41, 5.74) is 1.17. The fourth-order valence-electron chi connectivity index (χ4n) is 2.16. The lowest BCUT2D eigenvalue weighted by atomic mass is 10.0. The van der Waals surface area contributed by atoms with Crippen LogP contribution in [0.2, 0.25) is 0 Å². The van der Waals surface area contributed by atoms with Crippen molar-refractivity contribution in [2.45, 2.75) is 12.0 Å². The third-order valence-corrected chi connectivity index (χ3v) is 3.13. The first-order valence-corrected chi connectivity index (χ1v) is 5.59. The van der Waals surface area contributed by atoms with E-state index < -0.39 is 0 Å². The number of likely N-dealkylation sites (N-methyl/N-ethyl adjacent to an activating group) is 1. The van der Waals surface area contributed by atoms with Gasteiger partial charge < -0.3 is 14.5 Å². The van der Waals surface area contributed by atoms with Crippen molar-refractivity contribution < 1.29 is 13.5 Å². The van der Waals surface area contributed by atoms with Gasteiger partial charge in [-0.15, -0.1) is 0 Å². The molecule has 1 saturated heterocycles. The summed E-state index contributed by atoms with van der Waals surface area (Å²) < 4.78 is 24.1. The topological polar surface area (TPSA) is 47.3 Å². The Kier molecular flexibility index (Phi) is 2.57. The second-order valence-corrected chi connectivity index (χ2v) is 4.20. The fourth-order valence-corrected chi connectivity index (χ4v) is 2.16. The molecule has 4 nitrogen and oxygen atoms in total. The van der Waals surface area contributed by atoms with Gasteiger partial charge in [0.25, 0.3) is 0 Å². The second-order valence-electron chi connectivity index (χ2n) is 4.20. The number of ether oxygens (including phenoxy) is 1. The average Bonchev–Trinajstić information content (AvgIpc) is 2.93. The summed E-state index contributed by atoms with van der Waals surface area (Å²) in [6.45, 7) is 1.23. The van der Waals surface area contributed by atoms with Crippen LogP contribution >= 0.6 is 0 Å². The Labute approximate surface area is 97.8 Å². The maximum Gasteiger partial charge on any atom is 0.202 e. The SMILES string of the molecule is CNC1COCC1c1nc2cc(F)ccc2o1. The largest absolute Gasteiger partial charge is 0.440 e. The third-order valence-electron chi connectivity index (χ3n) is 3.13. The smallest absolute Gasteiger partial charge is 0.202 e. The van der Waals surface area contributed by atoms with E-state index in [0.29, 0.717) is 30.2 Å². The molecular weight excluding hydrogens is 223 g/mol. The number of nitrogens with one attached hydrogen (secondary N) is 1. The number of hydrogen-bond acceptors (Lipinski definition) is 4. The highest BCUT2D eigenvalue weighted by Gasteiger charge is 2.32. The zero-order valence-electron chi connectivity index (χ0n) is 9.44. The molecule has 1 N–H and O–H groups in total. The van der Waals surface area contributed by atoms with Crippen LogP contribution < -0.4 is 5.32 Å². The molecule has 2 unspecified atom stereocenters. The van der Waals surface area contributed by atoms with Gasteiger partial charge in [0.05, 0.1) is 19.1 Å². The second kappa shape index (κ2) is 4.09. The van der Waals surface area contributed by atoms with E-state index in [9.17, 15) is 4.39 Å². The maximum atomic E-state index is 13.0. The Balaban J connectivity index is 2.00. The predicted octanol–water partition coefficient (Wildman–Crippen LogP) is 1.67. The molecule has 0 aliphatic carbocycles. The summed E-state index contributed by atoms with van der Waals surface area (Å²) in [7, 11) is 1.88. The average molecular weight is 236 g/mol. The van der Waals surface area contributed by atoms with Crippen LogP contribution in [-0.2, 0) is 4.74 Å².